The number of esters is 1. The van der Waals surface area contributed by atoms with Gasteiger partial charge in [-0.1, -0.05) is 0 Å². The highest BCUT2D eigenvalue weighted by Gasteiger charge is 2.34. The number of carbonyl (C=O) groups excluding carboxylic acids is 1. The molecular formula is C18H20BN3O6. The number of nitrogens with zero attached hydrogens (tertiary/aromatic N) is 3. The highest BCUT2D eigenvalue weighted by molar-refractivity contribution is 6.45. The maximum Gasteiger partial charge on any atom is 0.376 e. The molecule has 28 heavy (non-hydrogen) atoms. The first-order chi connectivity index (χ1) is 13.3. The Labute approximate surface area is 162 Å². The second-order valence-electron chi connectivity index (χ2n) is 6.66. The molecule has 0 radical (unpaired) electrons. The van der Waals surface area contributed by atoms with Crippen molar-refractivity contribution >= 4 is 18.7 Å². The Morgan fingerprint density at radius 3 is 2.75 bits per heavy atom. The van der Waals surface area contributed by atoms with E-state index in [9.17, 15) is 19.9 Å². The van der Waals surface area contributed by atoms with Crippen LogP contribution in [0.3, 0.4) is 0 Å². The molecule has 1 aliphatic rings. The highest BCUT2D eigenvalue weighted by Crippen LogP contribution is 2.28. The van der Waals surface area contributed by atoms with Crippen LogP contribution < -0.4 is 4.74 Å². The number of aromatic nitrogens is 1. The summed E-state index contributed by atoms with van der Waals surface area (Å²) in [5.41, 5.74) is 0.985. The van der Waals surface area contributed by atoms with E-state index in [1.165, 1.54) is 12.3 Å². The molecule has 1 fully saturated rings. The molecule has 3 rings (SSSR count). The summed E-state index contributed by atoms with van der Waals surface area (Å²) in [5, 5.41) is 20.4. The van der Waals surface area contributed by atoms with Crippen molar-refractivity contribution in [3.8, 4) is 11.5 Å². The molecule has 0 spiro atoms. The van der Waals surface area contributed by atoms with E-state index < -0.39 is 17.9 Å². The Hall–Kier alpha value is -2.98. The molecule has 1 saturated heterocycles. The first-order valence-corrected chi connectivity index (χ1v) is 8.81. The Balaban J connectivity index is 1.59. The lowest BCUT2D eigenvalue weighted by molar-refractivity contribution is -0.385. The van der Waals surface area contributed by atoms with E-state index in [2.05, 4.69) is 4.98 Å². The molecule has 1 N–H and O–H groups in total. The summed E-state index contributed by atoms with van der Waals surface area (Å²) in [6.07, 6.45) is 1.25. The van der Waals surface area contributed by atoms with E-state index in [0.717, 1.165) is 0 Å². The van der Waals surface area contributed by atoms with Crippen LogP contribution in [0, 0.1) is 17.0 Å². The number of nitro groups is 1. The van der Waals surface area contributed by atoms with Gasteiger partial charge in [0.15, 0.2) is 0 Å². The topological polar surface area (TPSA) is 115 Å². The minimum absolute atomic E-state index is 0.0174. The van der Waals surface area contributed by atoms with Crippen LogP contribution in [0.15, 0.2) is 36.5 Å². The molecule has 146 valence electrons. The smallest absolute Gasteiger partial charge is 0.376 e. The van der Waals surface area contributed by atoms with Crippen LogP contribution in [0.5, 0.6) is 11.5 Å². The van der Waals surface area contributed by atoms with Crippen LogP contribution in [0.1, 0.15) is 11.3 Å². The standard InChI is InChI=1S/C18H20BN3O6/c1-12-3-4-14(9-17(12)22(25)26)27-15-5-6-20-13(7-15)8-18(23)28-16-10-21(11-16)19(2)24/h3-7,9,16,24H,8,10-11H2,1-2H3. The van der Waals surface area contributed by atoms with Crippen LogP contribution in [-0.4, -0.2) is 52.0 Å². The summed E-state index contributed by atoms with van der Waals surface area (Å²) in [5.74, 6) is 0.329. The zero-order chi connectivity index (χ0) is 20.3. The predicted molar refractivity (Wildman–Crippen MR) is 101 cm³/mol. The molecule has 0 bridgehead atoms. The molecule has 9 nitrogen and oxygen atoms in total. The Kier molecular flexibility index (Phi) is 5.91. The largest absolute Gasteiger partial charge is 0.459 e. The van der Waals surface area contributed by atoms with Crippen molar-refractivity contribution in [2.24, 2.45) is 0 Å². The monoisotopic (exact) mass is 385 g/mol. The van der Waals surface area contributed by atoms with Crippen molar-refractivity contribution in [3.05, 3.63) is 57.9 Å². The van der Waals surface area contributed by atoms with Gasteiger partial charge in [0.1, 0.15) is 17.6 Å². The van der Waals surface area contributed by atoms with E-state index >= 15 is 0 Å². The van der Waals surface area contributed by atoms with Crippen molar-refractivity contribution in [3.63, 3.8) is 0 Å². The van der Waals surface area contributed by atoms with Gasteiger partial charge in [0, 0.05) is 30.9 Å². The molecule has 1 aliphatic heterocycles. The number of ether oxygens (including phenoxy) is 2. The summed E-state index contributed by atoms with van der Waals surface area (Å²) in [6, 6.07) is 7.81. The number of aryl methyl sites for hydroxylation is 1. The minimum atomic E-state index is -0.553. The third kappa shape index (κ3) is 4.84. The molecule has 0 aliphatic carbocycles. The van der Waals surface area contributed by atoms with E-state index in [0.29, 0.717) is 35.8 Å². The van der Waals surface area contributed by atoms with Gasteiger partial charge in [0.2, 0.25) is 0 Å². The molecule has 2 heterocycles. The maximum absolute atomic E-state index is 12.1. The van der Waals surface area contributed by atoms with Gasteiger partial charge in [-0.3, -0.25) is 19.9 Å². The summed E-state index contributed by atoms with van der Waals surface area (Å²) < 4.78 is 11.0. The van der Waals surface area contributed by atoms with Crippen LogP contribution in [0.25, 0.3) is 0 Å². The minimum Gasteiger partial charge on any atom is -0.459 e. The Morgan fingerprint density at radius 2 is 2.07 bits per heavy atom. The van der Waals surface area contributed by atoms with Crippen LogP contribution in [0.2, 0.25) is 6.82 Å². The fourth-order valence-corrected chi connectivity index (χ4v) is 2.83. The quantitative estimate of drug-likeness (QED) is 0.333. The summed E-state index contributed by atoms with van der Waals surface area (Å²) in [6.45, 7) is 4.33. The number of carbonyl (C=O) groups is 1. The third-order valence-electron chi connectivity index (χ3n) is 4.43. The van der Waals surface area contributed by atoms with Crippen molar-refractivity contribution in [1.82, 2.24) is 9.79 Å². The predicted octanol–water partition coefficient (Wildman–Crippen LogP) is 1.97. The van der Waals surface area contributed by atoms with E-state index in [1.807, 2.05) is 0 Å². The first kappa shape index (κ1) is 19.8. The molecule has 0 atom stereocenters. The number of nitro benzene ring substituents is 1. The molecule has 0 unspecified atom stereocenters. The maximum atomic E-state index is 12.1. The summed E-state index contributed by atoms with van der Waals surface area (Å²) in [7, 11) is -0.553. The SMILES string of the molecule is CB(O)N1CC(OC(=O)Cc2cc(Oc3ccc(C)c([N+](=O)[O-])c3)ccn2)C1. The van der Waals surface area contributed by atoms with Gasteiger partial charge in [-0.2, -0.15) is 0 Å². The zero-order valence-corrected chi connectivity index (χ0v) is 15.6. The van der Waals surface area contributed by atoms with Gasteiger partial charge in [0.05, 0.1) is 23.1 Å². The summed E-state index contributed by atoms with van der Waals surface area (Å²) >= 11 is 0. The van der Waals surface area contributed by atoms with Crippen molar-refractivity contribution in [2.45, 2.75) is 26.3 Å². The van der Waals surface area contributed by atoms with Crippen molar-refractivity contribution in [1.29, 1.82) is 0 Å². The lowest BCUT2D eigenvalue weighted by Crippen LogP contribution is -2.58. The van der Waals surface area contributed by atoms with E-state index in [4.69, 9.17) is 9.47 Å². The fourth-order valence-electron chi connectivity index (χ4n) is 2.83. The molecular weight excluding hydrogens is 365 g/mol. The lowest BCUT2D eigenvalue weighted by atomic mass is 9.81. The summed E-state index contributed by atoms with van der Waals surface area (Å²) in [4.78, 5) is 28.6. The van der Waals surface area contributed by atoms with Gasteiger partial charge in [0.25, 0.3) is 5.69 Å². The van der Waals surface area contributed by atoms with Gasteiger partial charge in [-0.05, 0) is 31.9 Å². The van der Waals surface area contributed by atoms with E-state index in [1.54, 1.807) is 42.8 Å². The molecule has 0 saturated carbocycles. The van der Waals surface area contributed by atoms with Gasteiger partial charge in [-0.15, -0.1) is 0 Å². The second-order valence-corrected chi connectivity index (χ2v) is 6.66. The van der Waals surface area contributed by atoms with Crippen LogP contribution in [0.4, 0.5) is 5.69 Å². The van der Waals surface area contributed by atoms with Gasteiger partial charge >= 0.3 is 13.0 Å². The Morgan fingerprint density at radius 1 is 1.36 bits per heavy atom. The molecule has 2 aromatic rings. The molecule has 10 heteroatoms. The zero-order valence-electron chi connectivity index (χ0n) is 15.6. The normalized spacial score (nSPS) is 14.2. The van der Waals surface area contributed by atoms with E-state index in [-0.39, 0.29) is 18.2 Å². The van der Waals surface area contributed by atoms with Crippen LogP contribution >= 0.6 is 0 Å². The number of pyridine rings is 1. The molecule has 0 amide bonds. The molecule has 1 aromatic carbocycles. The number of rotatable bonds is 7. The van der Waals surface area contributed by atoms with Crippen LogP contribution in [-0.2, 0) is 16.0 Å². The van der Waals surface area contributed by atoms with Crippen molar-refractivity contribution < 1.29 is 24.2 Å². The third-order valence-corrected chi connectivity index (χ3v) is 4.43. The highest BCUT2D eigenvalue weighted by atomic mass is 16.6. The average Bonchev–Trinajstić information content (AvgIpc) is 2.59. The average molecular weight is 385 g/mol. The van der Waals surface area contributed by atoms with Gasteiger partial charge < -0.3 is 19.3 Å². The van der Waals surface area contributed by atoms with Crippen molar-refractivity contribution in [2.75, 3.05) is 13.1 Å². The fraction of sp³-hybridized carbons (Fsp3) is 0.333. The lowest BCUT2D eigenvalue weighted by Gasteiger charge is -2.39. The first-order valence-electron chi connectivity index (χ1n) is 8.81. The van der Waals surface area contributed by atoms with Gasteiger partial charge in [-0.25, -0.2) is 0 Å². The Bertz CT molecular complexity index is 885. The number of hydrogen-bond acceptors (Lipinski definition) is 8. The number of hydrogen-bond donors (Lipinski definition) is 1. The molecule has 1 aromatic heterocycles. The second kappa shape index (κ2) is 8.36. The number of benzene rings is 1.